The molecule has 2 rings (SSSR count). The largest absolute Gasteiger partial charge is 0.487 e. The van der Waals surface area contributed by atoms with Crippen molar-refractivity contribution < 1.29 is 9.13 Å². The van der Waals surface area contributed by atoms with Gasteiger partial charge in [-0.15, -0.1) is 0 Å². The molecule has 0 spiro atoms. The summed E-state index contributed by atoms with van der Waals surface area (Å²) in [4.78, 5) is 0. The van der Waals surface area contributed by atoms with Crippen LogP contribution in [-0.2, 0) is 6.61 Å². The predicted octanol–water partition coefficient (Wildman–Crippen LogP) is 4.29. The molecule has 2 nitrogen and oxygen atoms in total. The topological polar surface area (TPSA) is 35.2 Å². The summed E-state index contributed by atoms with van der Waals surface area (Å²) in [6.07, 6.45) is 0. The molecule has 18 heavy (non-hydrogen) atoms. The zero-order valence-electron chi connectivity index (χ0n) is 9.29. The molecule has 0 saturated heterocycles. The molecule has 0 amide bonds. The van der Waals surface area contributed by atoms with Crippen molar-refractivity contribution in [3.05, 3.63) is 57.8 Å². The molecule has 0 saturated carbocycles. The Morgan fingerprint density at radius 3 is 2.67 bits per heavy atom. The highest BCUT2D eigenvalue weighted by atomic mass is 35.5. The molecule has 0 fully saturated rings. The van der Waals surface area contributed by atoms with E-state index in [0.29, 0.717) is 27.0 Å². The molecule has 0 radical (unpaired) electrons. The number of ether oxygens (including phenoxy) is 1. The third kappa shape index (κ3) is 3.06. The molecule has 0 aliphatic rings. The van der Waals surface area contributed by atoms with E-state index >= 15 is 0 Å². The van der Waals surface area contributed by atoms with Crippen LogP contribution in [0.4, 0.5) is 10.1 Å². The van der Waals surface area contributed by atoms with Gasteiger partial charge in [-0.2, -0.15) is 0 Å². The highest BCUT2D eigenvalue weighted by Crippen LogP contribution is 2.27. The van der Waals surface area contributed by atoms with Crippen LogP contribution in [0, 0.1) is 5.82 Å². The Labute approximate surface area is 114 Å². The summed E-state index contributed by atoms with van der Waals surface area (Å²) in [6.45, 7) is 0.126. The maximum Gasteiger partial charge on any atom is 0.144 e. The minimum atomic E-state index is -0.364. The van der Waals surface area contributed by atoms with E-state index in [1.807, 2.05) is 0 Å². The first-order valence-electron chi connectivity index (χ1n) is 5.18. The van der Waals surface area contributed by atoms with Gasteiger partial charge in [-0.1, -0.05) is 23.2 Å². The molecule has 0 bridgehead atoms. The Morgan fingerprint density at radius 2 is 1.89 bits per heavy atom. The van der Waals surface area contributed by atoms with Crippen LogP contribution in [0.25, 0.3) is 0 Å². The van der Waals surface area contributed by atoms with Crippen LogP contribution in [-0.4, -0.2) is 0 Å². The van der Waals surface area contributed by atoms with Crippen molar-refractivity contribution in [2.75, 3.05) is 5.73 Å². The summed E-state index contributed by atoms with van der Waals surface area (Å²) in [5.74, 6) is 0.0832. The summed E-state index contributed by atoms with van der Waals surface area (Å²) < 4.78 is 18.5. The van der Waals surface area contributed by atoms with Gasteiger partial charge in [-0.25, -0.2) is 4.39 Å². The monoisotopic (exact) mass is 285 g/mol. The number of hydrogen-bond donors (Lipinski definition) is 1. The Kier molecular flexibility index (Phi) is 3.94. The van der Waals surface area contributed by atoms with E-state index in [1.165, 1.54) is 18.2 Å². The Bertz CT molecular complexity index is 523. The molecule has 0 atom stereocenters. The van der Waals surface area contributed by atoms with Gasteiger partial charge in [0.2, 0.25) is 0 Å². The van der Waals surface area contributed by atoms with E-state index in [2.05, 4.69) is 0 Å². The van der Waals surface area contributed by atoms with Crippen LogP contribution in [0.5, 0.6) is 5.75 Å². The van der Waals surface area contributed by atoms with E-state index in [0.717, 1.165) is 0 Å². The maximum atomic E-state index is 13.1. The Morgan fingerprint density at radius 1 is 1.11 bits per heavy atom. The number of rotatable bonds is 3. The van der Waals surface area contributed by atoms with Crippen molar-refractivity contribution in [1.29, 1.82) is 0 Å². The molecule has 2 aromatic carbocycles. The average molecular weight is 286 g/mol. The van der Waals surface area contributed by atoms with Gasteiger partial charge < -0.3 is 10.5 Å². The van der Waals surface area contributed by atoms with E-state index < -0.39 is 0 Å². The fraction of sp³-hybridized carbons (Fsp3) is 0.0769. The molecule has 0 unspecified atom stereocenters. The average Bonchev–Trinajstić information content (AvgIpc) is 2.34. The van der Waals surface area contributed by atoms with Crippen LogP contribution < -0.4 is 10.5 Å². The van der Waals surface area contributed by atoms with Gasteiger partial charge in [0.1, 0.15) is 18.2 Å². The first-order chi connectivity index (χ1) is 8.56. The van der Waals surface area contributed by atoms with Crippen molar-refractivity contribution in [2.24, 2.45) is 0 Å². The number of nitrogens with two attached hydrogens (primary N) is 1. The third-order valence-corrected chi connectivity index (χ3v) is 2.97. The molecular formula is C13H10Cl2FNO. The van der Waals surface area contributed by atoms with Crippen LogP contribution in [0.1, 0.15) is 5.56 Å². The highest BCUT2D eigenvalue weighted by molar-refractivity contribution is 6.31. The lowest BCUT2D eigenvalue weighted by atomic mass is 10.2. The van der Waals surface area contributed by atoms with Gasteiger partial charge in [-0.3, -0.25) is 0 Å². The quantitative estimate of drug-likeness (QED) is 0.854. The lowest BCUT2D eigenvalue weighted by Crippen LogP contribution is -1.99. The number of benzene rings is 2. The van der Waals surface area contributed by atoms with Gasteiger partial charge in [-0.05, 0) is 30.3 Å². The molecule has 5 heteroatoms. The van der Waals surface area contributed by atoms with Gasteiger partial charge in [0.15, 0.2) is 0 Å². The van der Waals surface area contributed by atoms with Crippen molar-refractivity contribution in [1.82, 2.24) is 0 Å². The third-order valence-electron chi connectivity index (χ3n) is 2.37. The van der Waals surface area contributed by atoms with E-state index in [1.54, 1.807) is 18.2 Å². The van der Waals surface area contributed by atoms with Crippen molar-refractivity contribution in [3.63, 3.8) is 0 Å². The molecule has 0 aromatic heterocycles. The molecule has 2 aromatic rings. The first kappa shape index (κ1) is 13.0. The van der Waals surface area contributed by atoms with Gasteiger partial charge >= 0.3 is 0 Å². The molecule has 0 heterocycles. The smallest absolute Gasteiger partial charge is 0.144 e. The highest BCUT2D eigenvalue weighted by Gasteiger charge is 2.06. The second kappa shape index (κ2) is 5.46. The first-order valence-corrected chi connectivity index (χ1v) is 5.93. The summed E-state index contributed by atoms with van der Waals surface area (Å²) in [5, 5.41) is 0.960. The molecule has 94 valence electrons. The molecule has 0 aliphatic heterocycles. The minimum Gasteiger partial charge on any atom is -0.487 e. The van der Waals surface area contributed by atoms with E-state index in [9.17, 15) is 4.39 Å². The SMILES string of the molecule is Nc1ccc(Cl)cc1OCc1cc(F)ccc1Cl. The Balaban J connectivity index is 2.16. The molecular weight excluding hydrogens is 276 g/mol. The summed E-state index contributed by atoms with van der Waals surface area (Å²) in [5.41, 5.74) is 6.75. The molecule has 2 N–H and O–H groups in total. The zero-order chi connectivity index (χ0) is 13.1. The lowest BCUT2D eigenvalue weighted by molar-refractivity contribution is 0.307. The Hall–Kier alpha value is -1.45. The lowest BCUT2D eigenvalue weighted by Gasteiger charge is -2.10. The fourth-order valence-corrected chi connectivity index (χ4v) is 1.78. The number of nitrogen functional groups attached to an aromatic ring is 1. The number of halogens is 3. The number of hydrogen-bond acceptors (Lipinski definition) is 2. The molecule has 0 aliphatic carbocycles. The summed E-state index contributed by atoms with van der Waals surface area (Å²) in [7, 11) is 0. The zero-order valence-corrected chi connectivity index (χ0v) is 10.8. The van der Waals surface area contributed by atoms with Crippen molar-refractivity contribution in [2.45, 2.75) is 6.61 Å². The summed E-state index contributed by atoms with van der Waals surface area (Å²) in [6, 6.07) is 9.01. The summed E-state index contributed by atoms with van der Waals surface area (Å²) >= 11 is 11.8. The van der Waals surface area contributed by atoms with E-state index in [4.69, 9.17) is 33.7 Å². The normalized spacial score (nSPS) is 10.4. The van der Waals surface area contributed by atoms with Crippen LogP contribution in [0.3, 0.4) is 0 Å². The van der Waals surface area contributed by atoms with Crippen LogP contribution in [0.2, 0.25) is 10.0 Å². The van der Waals surface area contributed by atoms with Gasteiger partial charge in [0, 0.05) is 21.7 Å². The van der Waals surface area contributed by atoms with Gasteiger partial charge in [0.25, 0.3) is 0 Å². The second-order valence-corrected chi connectivity index (χ2v) is 4.55. The standard InChI is InChI=1S/C13H10Cl2FNO/c14-9-1-4-12(17)13(6-9)18-7-8-5-10(16)2-3-11(8)15/h1-6H,7,17H2. The minimum absolute atomic E-state index is 0.126. The van der Waals surface area contributed by atoms with E-state index in [-0.39, 0.29) is 12.4 Å². The van der Waals surface area contributed by atoms with Crippen molar-refractivity contribution >= 4 is 28.9 Å². The van der Waals surface area contributed by atoms with Gasteiger partial charge in [0.05, 0.1) is 5.69 Å². The predicted molar refractivity (Wildman–Crippen MR) is 71.6 cm³/mol. The van der Waals surface area contributed by atoms with Crippen LogP contribution in [0.15, 0.2) is 36.4 Å². The van der Waals surface area contributed by atoms with Crippen molar-refractivity contribution in [3.8, 4) is 5.75 Å². The number of anilines is 1. The maximum absolute atomic E-state index is 13.1. The second-order valence-electron chi connectivity index (χ2n) is 3.71. The fourth-order valence-electron chi connectivity index (χ4n) is 1.44. The van der Waals surface area contributed by atoms with Crippen LogP contribution >= 0.6 is 23.2 Å².